The first-order valence-corrected chi connectivity index (χ1v) is 15.9. The molecule has 2 aliphatic rings. The Balaban J connectivity index is 1.76. The van der Waals surface area contributed by atoms with Crippen molar-refractivity contribution in [2.75, 3.05) is 26.3 Å². The van der Waals surface area contributed by atoms with Crippen LogP contribution in [0, 0.1) is 64.5 Å². The summed E-state index contributed by atoms with van der Waals surface area (Å²) in [5.41, 5.74) is 3.27. The topological polar surface area (TPSA) is 194 Å². The van der Waals surface area contributed by atoms with E-state index in [1.807, 2.05) is 24.3 Å². The highest BCUT2D eigenvalue weighted by molar-refractivity contribution is 5.92. The normalized spacial score (nSPS) is 16.1. The van der Waals surface area contributed by atoms with Crippen molar-refractivity contribution in [3.63, 3.8) is 0 Å². The van der Waals surface area contributed by atoms with E-state index < -0.39 is 11.9 Å². The summed E-state index contributed by atoms with van der Waals surface area (Å²) >= 11 is 0. The number of nitrogens with zero attached hydrogens (tertiary/aromatic N) is 7. The Kier molecular flexibility index (Phi) is 13.0. The molecule has 0 spiro atoms. The zero-order valence-corrected chi connectivity index (χ0v) is 28.0. The van der Waals surface area contributed by atoms with Crippen LogP contribution in [0.5, 0.6) is 0 Å². The standard InChI is InChI=1S/C41H28N7O5/c1-46-35(25-44)37(27-9-15-31(16-10-27)40(49)50)33(23-42)7-3-5-29-13-14-30(39(29)48-19-21-53-22-20-48)6-4-8-34(24-43)38(36(26-45)47-2)28-11-17-32(18-12-28)41(51)52/h3-12,15-18H,13-14,19-22H2,(H,49,50)(H,51,52)/q-1/p-1/b5-3+,8-4+,30-6+,33-7+,37-35+,38-34+. The predicted molar refractivity (Wildman–Crippen MR) is 190 cm³/mol. The molecule has 0 saturated carbocycles. The van der Waals surface area contributed by atoms with E-state index in [1.165, 1.54) is 60.7 Å². The Bertz CT molecular complexity index is 2250. The maximum Gasteiger partial charge on any atom is 0.335 e. The fraction of sp³-hybridized carbons (Fsp3) is 0.146. The largest absolute Gasteiger partial charge is 0.545 e. The number of carboxylic acids is 2. The van der Waals surface area contributed by atoms with Gasteiger partial charge in [-0.25, -0.2) is 30.3 Å². The van der Waals surface area contributed by atoms with Crippen LogP contribution < -0.4 is 5.11 Å². The van der Waals surface area contributed by atoms with Gasteiger partial charge in [-0.2, -0.15) is 10.8 Å². The van der Waals surface area contributed by atoms with Gasteiger partial charge in [-0.3, -0.25) is 0 Å². The summed E-state index contributed by atoms with van der Waals surface area (Å²) in [6.45, 7) is 17.3. The Labute approximate surface area is 306 Å². The zero-order valence-electron chi connectivity index (χ0n) is 28.0. The van der Waals surface area contributed by atoms with Crippen LogP contribution in [0.3, 0.4) is 0 Å². The lowest BCUT2D eigenvalue weighted by atomic mass is 9.93. The highest BCUT2D eigenvalue weighted by atomic mass is 16.5. The van der Waals surface area contributed by atoms with Crippen molar-refractivity contribution in [2.45, 2.75) is 12.8 Å². The fourth-order valence-corrected chi connectivity index (χ4v) is 5.77. The molecule has 0 atom stereocenters. The first-order valence-electron chi connectivity index (χ1n) is 15.9. The molecule has 12 heteroatoms. The van der Waals surface area contributed by atoms with Gasteiger partial charge >= 0.3 is 5.97 Å². The molecular formula is C41H27N7O5-2. The second-order valence-electron chi connectivity index (χ2n) is 11.2. The van der Waals surface area contributed by atoms with Crippen molar-refractivity contribution in [3.8, 4) is 24.3 Å². The maximum atomic E-state index is 11.3. The molecule has 2 aromatic carbocycles. The number of nitriles is 4. The summed E-state index contributed by atoms with van der Waals surface area (Å²) in [6.07, 6.45) is 11.3. The summed E-state index contributed by atoms with van der Waals surface area (Å²) < 4.78 is 5.57. The molecule has 0 unspecified atom stereocenters. The van der Waals surface area contributed by atoms with E-state index >= 15 is 0 Å². The van der Waals surface area contributed by atoms with Crippen molar-refractivity contribution in [1.29, 1.82) is 21.0 Å². The molecular weight excluding hydrogens is 670 g/mol. The van der Waals surface area contributed by atoms with Gasteiger partial charge in [-0.05, 0) is 47.3 Å². The third-order valence-electron chi connectivity index (χ3n) is 8.24. The number of hydrogen-bond donors (Lipinski definition) is 1. The number of ether oxygens (including phenoxy) is 1. The van der Waals surface area contributed by atoms with Crippen molar-refractivity contribution in [3.05, 3.63) is 170 Å². The molecule has 2 aromatic rings. The highest BCUT2D eigenvalue weighted by Crippen LogP contribution is 2.36. The number of carboxylic acid groups (broad SMARTS) is 2. The van der Waals surface area contributed by atoms with E-state index in [0.29, 0.717) is 50.3 Å². The number of allylic oxidation sites excluding steroid dienone is 12. The molecule has 0 amide bonds. The Hall–Kier alpha value is -7.87. The second kappa shape index (κ2) is 18.2. The summed E-state index contributed by atoms with van der Waals surface area (Å²) in [7, 11) is 0. The lowest BCUT2D eigenvalue weighted by Crippen LogP contribution is -2.36. The summed E-state index contributed by atoms with van der Waals surface area (Å²) in [6, 6.07) is 18.4. The van der Waals surface area contributed by atoms with Crippen LogP contribution in [0.1, 0.15) is 44.7 Å². The van der Waals surface area contributed by atoms with Gasteiger partial charge < -0.3 is 24.6 Å². The predicted octanol–water partition coefficient (Wildman–Crippen LogP) is 5.72. The van der Waals surface area contributed by atoms with Crippen LogP contribution in [0.15, 0.2) is 119 Å². The van der Waals surface area contributed by atoms with E-state index in [-0.39, 0.29) is 45.2 Å². The van der Waals surface area contributed by atoms with Gasteiger partial charge in [-0.15, -0.1) is 23.8 Å². The zero-order chi connectivity index (χ0) is 38.3. The minimum atomic E-state index is -1.39. The lowest BCUT2D eigenvalue weighted by Gasteiger charge is -2.31. The van der Waals surface area contributed by atoms with Crippen LogP contribution in [0.25, 0.3) is 20.8 Å². The minimum absolute atomic E-state index is 0.0125. The Morgan fingerprint density at radius 1 is 0.887 bits per heavy atom. The van der Waals surface area contributed by atoms with Crippen LogP contribution >= 0.6 is 0 Å². The molecule has 0 bridgehead atoms. The second-order valence-corrected chi connectivity index (χ2v) is 11.2. The number of hydrogen-bond acceptors (Lipinski definition) is 9. The van der Waals surface area contributed by atoms with Gasteiger partial charge in [-0.1, -0.05) is 66.3 Å². The van der Waals surface area contributed by atoms with E-state index in [9.17, 15) is 40.8 Å². The quantitative estimate of drug-likeness (QED) is 0.172. The molecule has 0 aromatic heterocycles. The SMILES string of the molecule is [C-]#[N+]/C(C#N)=C(/C(C#N)=C/C=C/C1=C(N2CCOCC2)C(=C/C=C/C(C#N)=C(/c2ccc(C(=O)O)cc2)[C-](C#N)[N+]#[C-])/CC1)c1ccc(C(=O)[O-])cc1. The smallest absolute Gasteiger partial charge is 0.335 e. The molecule has 1 aliphatic carbocycles. The molecule has 1 aliphatic heterocycles. The number of benzene rings is 2. The van der Waals surface area contributed by atoms with Crippen molar-refractivity contribution < 1.29 is 24.5 Å². The van der Waals surface area contributed by atoms with E-state index in [1.54, 1.807) is 12.2 Å². The summed E-state index contributed by atoms with van der Waals surface area (Å²) in [5, 5.41) is 60.0. The molecule has 1 saturated heterocycles. The third kappa shape index (κ3) is 9.03. The molecule has 0 radical (unpaired) electrons. The number of carbonyl (C=O) groups excluding carboxylic acids is 1. The van der Waals surface area contributed by atoms with E-state index in [2.05, 4.69) is 26.7 Å². The van der Waals surface area contributed by atoms with Gasteiger partial charge in [0.05, 0.1) is 61.7 Å². The summed E-state index contributed by atoms with van der Waals surface area (Å²) in [5.74, 6) is -2.53. The lowest BCUT2D eigenvalue weighted by molar-refractivity contribution is -0.255. The molecule has 12 nitrogen and oxygen atoms in total. The number of carbonyl (C=O) groups is 2. The Morgan fingerprint density at radius 2 is 1.53 bits per heavy atom. The van der Waals surface area contributed by atoms with Crippen molar-refractivity contribution >= 4 is 23.1 Å². The van der Waals surface area contributed by atoms with Crippen molar-refractivity contribution in [1.82, 2.24) is 4.90 Å². The molecule has 1 N–H and O–H groups in total. The van der Waals surface area contributed by atoms with Crippen LogP contribution in [-0.4, -0.2) is 48.2 Å². The molecule has 258 valence electrons. The summed E-state index contributed by atoms with van der Waals surface area (Å²) in [4.78, 5) is 31.3. The minimum Gasteiger partial charge on any atom is -0.545 e. The van der Waals surface area contributed by atoms with Gasteiger partial charge in [0, 0.05) is 24.4 Å². The molecule has 1 heterocycles. The number of rotatable bonds is 11. The third-order valence-corrected chi connectivity index (χ3v) is 8.24. The Morgan fingerprint density at radius 3 is 2.08 bits per heavy atom. The highest BCUT2D eigenvalue weighted by Gasteiger charge is 2.24. The van der Waals surface area contributed by atoms with Gasteiger partial charge in [0.2, 0.25) is 6.04 Å². The maximum absolute atomic E-state index is 11.3. The van der Waals surface area contributed by atoms with Gasteiger partial charge in [0.15, 0.2) is 0 Å². The molecule has 53 heavy (non-hydrogen) atoms. The first kappa shape index (κ1) is 37.9. The average Bonchev–Trinajstić information content (AvgIpc) is 3.59. The molecule has 4 rings (SSSR count). The average molecular weight is 698 g/mol. The monoisotopic (exact) mass is 697 g/mol. The van der Waals surface area contributed by atoms with Gasteiger partial charge in [0.25, 0.3) is 5.70 Å². The van der Waals surface area contributed by atoms with Crippen LogP contribution in [-0.2, 0) is 4.74 Å². The molecule has 1 fully saturated rings. The van der Waals surface area contributed by atoms with E-state index in [0.717, 1.165) is 16.8 Å². The van der Waals surface area contributed by atoms with Crippen LogP contribution in [0.2, 0.25) is 0 Å². The first-order chi connectivity index (χ1) is 25.7. The fourth-order valence-electron chi connectivity index (χ4n) is 5.77. The number of morpholine rings is 1. The van der Waals surface area contributed by atoms with Gasteiger partial charge in [0.1, 0.15) is 0 Å². The van der Waals surface area contributed by atoms with E-state index in [4.69, 9.17) is 17.9 Å². The van der Waals surface area contributed by atoms with Crippen molar-refractivity contribution in [2.24, 2.45) is 0 Å². The van der Waals surface area contributed by atoms with Crippen LogP contribution in [0.4, 0.5) is 0 Å². The number of aromatic carboxylic acids is 2.